The van der Waals surface area contributed by atoms with Crippen LogP contribution in [0, 0.1) is 11.7 Å². The Balaban J connectivity index is 1.36. The van der Waals surface area contributed by atoms with Crippen molar-refractivity contribution in [3.05, 3.63) is 47.4 Å². The minimum Gasteiger partial charge on any atom is -0.381 e. The fourth-order valence-corrected chi connectivity index (χ4v) is 3.61. The highest BCUT2D eigenvalue weighted by Crippen LogP contribution is 2.31. The van der Waals surface area contributed by atoms with Crippen molar-refractivity contribution in [2.75, 3.05) is 19.8 Å². The number of nitrogens with zero attached hydrogens (tertiary/aromatic N) is 3. The van der Waals surface area contributed by atoms with Crippen molar-refractivity contribution < 1.29 is 18.4 Å². The summed E-state index contributed by atoms with van der Waals surface area (Å²) < 4.78 is 24.5. The van der Waals surface area contributed by atoms with Crippen LogP contribution in [-0.4, -0.2) is 40.7 Å². The zero-order valence-electron chi connectivity index (χ0n) is 16.0. The number of halogens is 1. The number of benzene rings is 1. The van der Waals surface area contributed by atoms with Crippen molar-refractivity contribution in [2.45, 2.75) is 51.0 Å². The molecular formula is C21H26FN3O3. The molecule has 0 N–H and O–H groups in total. The van der Waals surface area contributed by atoms with E-state index in [0.717, 1.165) is 31.8 Å². The molecule has 2 aromatic rings. The third-order valence-corrected chi connectivity index (χ3v) is 5.36. The Morgan fingerprint density at radius 1 is 1.29 bits per heavy atom. The molecule has 1 aliphatic carbocycles. The third kappa shape index (κ3) is 4.95. The van der Waals surface area contributed by atoms with Crippen LogP contribution in [0.2, 0.25) is 0 Å². The van der Waals surface area contributed by atoms with E-state index in [-0.39, 0.29) is 24.2 Å². The Bertz CT molecular complexity index is 806. The van der Waals surface area contributed by atoms with Gasteiger partial charge in [0.1, 0.15) is 11.9 Å². The van der Waals surface area contributed by atoms with Crippen molar-refractivity contribution in [1.82, 2.24) is 15.0 Å². The molecule has 7 heteroatoms. The van der Waals surface area contributed by atoms with Gasteiger partial charge in [0.15, 0.2) is 5.82 Å². The zero-order chi connectivity index (χ0) is 19.3. The Morgan fingerprint density at radius 3 is 3.00 bits per heavy atom. The molecule has 1 aromatic carbocycles. The van der Waals surface area contributed by atoms with Crippen LogP contribution in [0.5, 0.6) is 0 Å². The predicted molar refractivity (Wildman–Crippen MR) is 100.0 cm³/mol. The van der Waals surface area contributed by atoms with Gasteiger partial charge >= 0.3 is 0 Å². The fourth-order valence-electron chi connectivity index (χ4n) is 3.61. The van der Waals surface area contributed by atoms with Gasteiger partial charge in [-0.05, 0) is 55.7 Å². The van der Waals surface area contributed by atoms with Gasteiger partial charge in [0, 0.05) is 19.6 Å². The van der Waals surface area contributed by atoms with Crippen LogP contribution in [0.15, 0.2) is 28.8 Å². The molecule has 2 fully saturated rings. The summed E-state index contributed by atoms with van der Waals surface area (Å²) in [4.78, 5) is 19.2. The Labute approximate surface area is 164 Å². The van der Waals surface area contributed by atoms with E-state index >= 15 is 0 Å². The Hall–Kier alpha value is -2.28. The standard InChI is InChI=1S/C21H26FN3O3/c22-17-5-3-4-16(12-17)13-20(26)25-10-2-1-6-18(25)21-23-19(24-28-21)9-11-27-14-15-7-8-15/h3-5,12,15,18H,1-2,6-11,13-14H2. The largest absolute Gasteiger partial charge is 0.381 e. The van der Waals surface area contributed by atoms with Crippen LogP contribution in [-0.2, 0) is 22.4 Å². The van der Waals surface area contributed by atoms with Gasteiger partial charge in [-0.25, -0.2) is 4.39 Å². The number of hydrogen-bond acceptors (Lipinski definition) is 5. The van der Waals surface area contributed by atoms with Crippen molar-refractivity contribution in [1.29, 1.82) is 0 Å². The topological polar surface area (TPSA) is 68.5 Å². The van der Waals surface area contributed by atoms with Gasteiger partial charge in [-0.1, -0.05) is 17.3 Å². The average Bonchev–Trinajstić information content (AvgIpc) is 3.41. The molecule has 1 aliphatic heterocycles. The first-order valence-electron chi connectivity index (χ1n) is 10.1. The molecule has 1 saturated heterocycles. The molecule has 0 spiro atoms. The number of carbonyl (C=O) groups excluding carboxylic acids is 1. The molecule has 150 valence electrons. The lowest BCUT2D eigenvalue weighted by molar-refractivity contribution is -0.135. The highest BCUT2D eigenvalue weighted by molar-refractivity contribution is 5.79. The number of aromatic nitrogens is 2. The highest BCUT2D eigenvalue weighted by atomic mass is 19.1. The lowest BCUT2D eigenvalue weighted by Gasteiger charge is -2.33. The molecule has 0 bridgehead atoms. The SMILES string of the molecule is O=C(Cc1cccc(F)c1)N1CCCCC1c1nc(CCOCC2CC2)no1. The van der Waals surface area contributed by atoms with Gasteiger partial charge in [-0.15, -0.1) is 0 Å². The summed E-state index contributed by atoms with van der Waals surface area (Å²) in [7, 11) is 0. The average molecular weight is 387 g/mol. The smallest absolute Gasteiger partial charge is 0.249 e. The van der Waals surface area contributed by atoms with E-state index in [9.17, 15) is 9.18 Å². The molecule has 0 radical (unpaired) electrons. The minimum atomic E-state index is -0.328. The van der Waals surface area contributed by atoms with Crippen LogP contribution in [0.3, 0.4) is 0 Å². The van der Waals surface area contributed by atoms with Gasteiger partial charge in [-0.3, -0.25) is 4.79 Å². The van der Waals surface area contributed by atoms with E-state index < -0.39 is 0 Å². The summed E-state index contributed by atoms with van der Waals surface area (Å²) in [5.74, 6) is 1.48. The first kappa shape index (κ1) is 19.1. The molecule has 1 aromatic heterocycles. The summed E-state index contributed by atoms with van der Waals surface area (Å²) in [5.41, 5.74) is 0.674. The minimum absolute atomic E-state index is 0.0391. The van der Waals surface area contributed by atoms with Gasteiger partial charge < -0.3 is 14.2 Å². The van der Waals surface area contributed by atoms with Crippen LogP contribution in [0.25, 0.3) is 0 Å². The van der Waals surface area contributed by atoms with Gasteiger partial charge in [0.05, 0.1) is 13.0 Å². The summed E-state index contributed by atoms with van der Waals surface area (Å²) >= 11 is 0. The van der Waals surface area contributed by atoms with E-state index in [1.165, 1.54) is 25.0 Å². The second-order valence-corrected chi connectivity index (χ2v) is 7.72. The number of ether oxygens (including phenoxy) is 1. The molecule has 1 amide bonds. The maximum atomic E-state index is 13.4. The Kier molecular flexibility index (Phi) is 6.00. The second kappa shape index (κ2) is 8.82. The van der Waals surface area contributed by atoms with Crippen molar-refractivity contribution in [3.8, 4) is 0 Å². The van der Waals surface area contributed by atoms with Crippen LogP contribution in [0.4, 0.5) is 4.39 Å². The molecule has 1 saturated carbocycles. The van der Waals surface area contributed by atoms with Gasteiger partial charge in [0.25, 0.3) is 0 Å². The van der Waals surface area contributed by atoms with Crippen molar-refractivity contribution in [3.63, 3.8) is 0 Å². The quantitative estimate of drug-likeness (QED) is 0.649. The lowest BCUT2D eigenvalue weighted by Crippen LogP contribution is -2.39. The summed E-state index contributed by atoms with van der Waals surface area (Å²) in [6.45, 7) is 2.05. The predicted octanol–water partition coefficient (Wildman–Crippen LogP) is 3.47. The molecule has 2 aliphatic rings. The third-order valence-electron chi connectivity index (χ3n) is 5.36. The molecule has 4 rings (SSSR count). The first-order chi connectivity index (χ1) is 13.7. The normalized spacial score (nSPS) is 19.8. The highest BCUT2D eigenvalue weighted by Gasteiger charge is 2.32. The van der Waals surface area contributed by atoms with Crippen LogP contribution in [0.1, 0.15) is 55.4 Å². The van der Waals surface area contributed by atoms with E-state index in [4.69, 9.17) is 9.26 Å². The molecule has 6 nitrogen and oxygen atoms in total. The number of amides is 1. The molecule has 2 heterocycles. The lowest BCUT2D eigenvalue weighted by atomic mass is 10.0. The van der Waals surface area contributed by atoms with E-state index in [1.54, 1.807) is 17.0 Å². The van der Waals surface area contributed by atoms with E-state index in [0.29, 0.717) is 36.9 Å². The van der Waals surface area contributed by atoms with E-state index in [2.05, 4.69) is 10.1 Å². The molecular weight excluding hydrogens is 361 g/mol. The first-order valence-corrected chi connectivity index (χ1v) is 10.1. The maximum absolute atomic E-state index is 13.4. The summed E-state index contributed by atoms with van der Waals surface area (Å²) in [6, 6.07) is 5.98. The number of likely N-dealkylation sites (tertiary alicyclic amines) is 1. The van der Waals surface area contributed by atoms with E-state index in [1.807, 2.05) is 0 Å². The zero-order valence-corrected chi connectivity index (χ0v) is 16.0. The number of piperidine rings is 1. The summed E-state index contributed by atoms with van der Waals surface area (Å²) in [6.07, 6.45) is 6.08. The Morgan fingerprint density at radius 2 is 2.18 bits per heavy atom. The van der Waals surface area contributed by atoms with Crippen molar-refractivity contribution >= 4 is 5.91 Å². The van der Waals surface area contributed by atoms with Crippen LogP contribution >= 0.6 is 0 Å². The maximum Gasteiger partial charge on any atom is 0.249 e. The molecule has 28 heavy (non-hydrogen) atoms. The molecule has 1 atom stereocenters. The summed E-state index contributed by atoms with van der Waals surface area (Å²) in [5, 5.41) is 4.06. The number of carbonyl (C=O) groups is 1. The molecule has 1 unspecified atom stereocenters. The van der Waals surface area contributed by atoms with Gasteiger partial charge in [0.2, 0.25) is 11.8 Å². The number of hydrogen-bond donors (Lipinski definition) is 0. The second-order valence-electron chi connectivity index (χ2n) is 7.72. The number of rotatable bonds is 8. The van der Waals surface area contributed by atoms with Crippen molar-refractivity contribution in [2.24, 2.45) is 5.92 Å². The van der Waals surface area contributed by atoms with Crippen LogP contribution < -0.4 is 0 Å². The van der Waals surface area contributed by atoms with Gasteiger partial charge in [-0.2, -0.15) is 4.98 Å². The fraction of sp³-hybridized carbons (Fsp3) is 0.571. The monoisotopic (exact) mass is 387 g/mol.